The van der Waals surface area contributed by atoms with E-state index >= 15 is 0 Å². The highest BCUT2D eigenvalue weighted by Gasteiger charge is 2.05. The summed E-state index contributed by atoms with van der Waals surface area (Å²) in [5.74, 6) is 0.857. The largest absolute Gasteiger partial charge is 0.497 e. The number of hydrogen-bond donors (Lipinski definition) is 1. The Morgan fingerprint density at radius 3 is 2.22 bits per heavy atom. The average Bonchev–Trinajstić information content (AvgIpc) is 2.37. The fourth-order valence-corrected chi connectivity index (χ4v) is 1.94. The first-order valence-electron chi connectivity index (χ1n) is 5.85. The van der Waals surface area contributed by atoms with Gasteiger partial charge in [0.15, 0.2) is 0 Å². The van der Waals surface area contributed by atoms with Crippen LogP contribution < -0.4 is 15.4 Å². The van der Waals surface area contributed by atoms with E-state index in [1.165, 1.54) is 0 Å². The van der Waals surface area contributed by atoms with Gasteiger partial charge in [-0.1, -0.05) is 0 Å². The zero-order valence-corrected chi connectivity index (χ0v) is 11.0. The molecule has 0 atom stereocenters. The second-order valence-corrected chi connectivity index (χ2v) is 4.36. The minimum absolute atomic E-state index is 0.783. The number of hydrogen-bond acceptors (Lipinski definition) is 3. The Kier molecular flexibility index (Phi) is 3.42. The molecule has 0 aliphatic carbocycles. The number of anilines is 3. The van der Waals surface area contributed by atoms with E-state index in [1.54, 1.807) is 7.11 Å². The molecule has 0 saturated carbocycles. The fraction of sp³-hybridized carbons (Fsp3) is 0.200. The van der Waals surface area contributed by atoms with Crippen LogP contribution in [-0.4, -0.2) is 14.2 Å². The van der Waals surface area contributed by atoms with Crippen LogP contribution in [0.25, 0.3) is 0 Å². The van der Waals surface area contributed by atoms with Gasteiger partial charge in [-0.3, -0.25) is 0 Å². The van der Waals surface area contributed by atoms with Gasteiger partial charge in [-0.15, -0.1) is 0 Å². The molecule has 0 fully saturated rings. The zero-order valence-electron chi connectivity index (χ0n) is 11.0. The molecule has 0 saturated heterocycles. The zero-order chi connectivity index (χ0) is 13.1. The Labute approximate surface area is 108 Å². The summed E-state index contributed by atoms with van der Waals surface area (Å²) in [6.07, 6.45) is 0. The minimum atomic E-state index is 0.783. The number of ether oxygens (including phenoxy) is 1. The number of rotatable bonds is 3. The van der Waals surface area contributed by atoms with Crippen molar-refractivity contribution >= 4 is 17.1 Å². The summed E-state index contributed by atoms with van der Waals surface area (Å²) < 4.78 is 5.15. The van der Waals surface area contributed by atoms with Gasteiger partial charge in [0, 0.05) is 24.1 Å². The van der Waals surface area contributed by atoms with Crippen molar-refractivity contribution in [2.24, 2.45) is 0 Å². The van der Waals surface area contributed by atoms with Crippen LogP contribution in [0, 0.1) is 6.92 Å². The first-order chi connectivity index (χ1) is 8.60. The smallest absolute Gasteiger partial charge is 0.119 e. The third kappa shape index (κ3) is 2.56. The summed E-state index contributed by atoms with van der Waals surface area (Å²) in [6, 6.07) is 14.0. The van der Waals surface area contributed by atoms with Crippen LogP contribution in [0.15, 0.2) is 42.5 Å². The molecule has 0 aliphatic rings. The normalized spacial score (nSPS) is 10.2. The lowest BCUT2D eigenvalue weighted by Crippen LogP contribution is -2.09. The number of methoxy groups -OCH3 is 1. The van der Waals surface area contributed by atoms with Gasteiger partial charge in [-0.05, 0) is 55.0 Å². The molecule has 0 amide bonds. The van der Waals surface area contributed by atoms with Crippen LogP contribution >= 0.6 is 0 Å². The molecule has 0 unspecified atom stereocenters. The first-order valence-corrected chi connectivity index (χ1v) is 5.85. The molecule has 3 nitrogen and oxygen atoms in total. The Morgan fingerprint density at radius 1 is 1.00 bits per heavy atom. The van der Waals surface area contributed by atoms with Crippen LogP contribution in [0.3, 0.4) is 0 Å². The Balaban J connectivity index is 2.31. The van der Waals surface area contributed by atoms with Gasteiger partial charge >= 0.3 is 0 Å². The first kappa shape index (κ1) is 12.3. The van der Waals surface area contributed by atoms with Crippen molar-refractivity contribution in [3.05, 3.63) is 48.0 Å². The Hall–Kier alpha value is -2.16. The van der Waals surface area contributed by atoms with Gasteiger partial charge in [0.05, 0.1) is 7.11 Å². The molecule has 0 radical (unpaired) electrons. The van der Waals surface area contributed by atoms with E-state index in [2.05, 4.69) is 11.0 Å². The van der Waals surface area contributed by atoms with Crippen LogP contribution in [0.5, 0.6) is 5.75 Å². The van der Waals surface area contributed by atoms with Crippen molar-refractivity contribution < 1.29 is 4.74 Å². The highest BCUT2D eigenvalue weighted by molar-refractivity contribution is 5.67. The van der Waals surface area contributed by atoms with Crippen LogP contribution in [0.4, 0.5) is 17.1 Å². The standard InChI is InChI=1S/C15H18N2O/c1-11-8-12(16)10-14(9-11)17(2)13-4-6-15(18-3)7-5-13/h4-10H,16H2,1-3H3. The van der Waals surface area contributed by atoms with E-state index in [4.69, 9.17) is 10.5 Å². The van der Waals surface area contributed by atoms with Gasteiger partial charge in [0.25, 0.3) is 0 Å². The van der Waals surface area contributed by atoms with Crippen molar-refractivity contribution in [3.63, 3.8) is 0 Å². The van der Waals surface area contributed by atoms with Gasteiger partial charge in [0.2, 0.25) is 0 Å². The maximum Gasteiger partial charge on any atom is 0.119 e. The van der Waals surface area contributed by atoms with Crippen LogP contribution in [0.1, 0.15) is 5.56 Å². The third-order valence-electron chi connectivity index (χ3n) is 2.93. The number of nitrogen functional groups attached to an aromatic ring is 1. The highest BCUT2D eigenvalue weighted by Crippen LogP contribution is 2.27. The average molecular weight is 242 g/mol. The minimum Gasteiger partial charge on any atom is -0.497 e. The molecule has 2 aromatic rings. The van der Waals surface area contributed by atoms with Crippen LogP contribution in [0.2, 0.25) is 0 Å². The lowest BCUT2D eigenvalue weighted by molar-refractivity contribution is 0.415. The molecule has 2 N–H and O–H groups in total. The van der Waals surface area contributed by atoms with Crippen molar-refractivity contribution in [2.45, 2.75) is 6.92 Å². The number of nitrogens with two attached hydrogens (primary N) is 1. The van der Waals surface area contributed by atoms with Crippen molar-refractivity contribution in [2.75, 3.05) is 24.8 Å². The van der Waals surface area contributed by atoms with Gasteiger partial charge in [-0.25, -0.2) is 0 Å². The van der Waals surface area contributed by atoms with Crippen LogP contribution in [-0.2, 0) is 0 Å². The maximum absolute atomic E-state index is 5.87. The van der Waals surface area contributed by atoms with E-state index in [0.29, 0.717) is 0 Å². The number of aryl methyl sites for hydroxylation is 1. The van der Waals surface area contributed by atoms with E-state index in [1.807, 2.05) is 50.4 Å². The molecular weight excluding hydrogens is 224 g/mol. The van der Waals surface area contributed by atoms with E-state index in [-0.39, 0.29) is 0 Å². The fourth-order valence-electron chi connectivity index (χ4n) is 1.94. The number of nitrogens with zero attached hydrogens (tertiary/aromatic N) is 1. The summed E-state index contributed by atoms with van der Waals surface area (Å²) in [4.78, 5) is 2.10. The maximum atomic E-state index is 5.87. The summed E-state index contributed by atoms with van der Waals surface area (Å²) >= 11 is 0. The quantitative estimate of drug-likeness (QED) is 0.839. The summed E-state index contributed by atoms with van der Waals surface area (Å²) in [6.45, 7) is 2.04. The molecule has 0 bridgehead atoms. The molecule has 94 valence electrons. The highest BCUT2D eigenvalue weighted by atomic mass is 16.5. The molecule has 0 aromatic heterocycles. The van der Waals surface area contributed by atoms with E-state index in [0.717, 1.165) is 28.4 Å². The van der Waals surface area contributed by atoms with Gasteiger partial charge in [-0.2, -0.15) is 0 Å². The second-order valence-electron chi connectivity index (χ2n) is 4.36. The second kappa shape index (κ2) is 5.00. The third-order valence-corrected chi connectivity index (χ3v) is 2.93. The molecule has 18 heavy (non-hydrogen) atoms. The predicted molar refractivity (Wildman–Crippen MR) is 76.6 cm³/mol. The van der Waals surface area contributed by atoms with E-state index in [9.17, 15) is 0 Å². The van der Waals surface area contributed by atoms with Gasteiger partial charge < -0.3 is 15.4 Å². The Morgan fingerprint density at radius 2 is 1.67 bits per heavy atom. The lowest BCUT2D eigenvalue weighted by Gasteiger charge is -2.20. The van der Waals surface area contributed by atoms with E-state index < -0.39 is 0 Å². The topological polar surface area (TPSA) is 38.5 Å². The summed E-state index contributed by atoms with van der Waals surface area (Å²) in [5, 5.41) is 0. The Bertz CT molecular complexity index is 514. The molecule has 2 aromatic carbocycles. The van der Waals surface area contributed by atoms with Crippen molar-refractivity contribution in [1.82, 2.24) is 0 Å². The van der Waals surface area contributed by atoms with Crippen molar-refractivity contribution in [1.29, 1.82) is 0 Å². The molecule has 0 spiro atoms. The lowest BCUT2D eigenvalue weighted by atomic mass is 10.1. The summed E-state index contributed by atoms with van der Waals surface area (Å²) in [5.41, 5.74) is 9.99. The predicted octanol–water partition coefficient (Wildman–Crippen LogP) is 3.35. The molecule has 2 rings (SSSR count). The van der Waals surface area contributed by atoms with Crippen molar-refractivity contribution in [3.8, 4) is 5.75 Å². The monoisotopic (exact) mass is 242 g/mol. The number of benzene rings is 2. The molecule has 0 heterocycles. The molecule has 3 heteroatoms. The molecule has 0 aliphatic heterocycles. The molecular formula is C15H18N2O. The van der Waals surface area contributed by atoms with Gasteiger partial charge in [0.1, 0.15) is 5.75 Å². The SMILES string of the molecule is COc1ccc(N(C)c2cc(C)cc(N)c2)cc1. The summed E-state index contributed by atoms with van der Waals surface area (Å²) in [7, 11) is 3.69.